The summed E-state index contributed by atoms with van der Waals surface area (Å²) in [5.74, 6) is 0.195. The predicted molar refractivity (Wildman–Crippen MR) is 65.9 cm³/mol. The number of pyridine rings is 1. The quantitative estimate of drug-likeness (QED) is 0.855. The molecule has 0 fully saturated rings. The van der Waals surface area contributed by atoms with Gasteiger partial charge in [0, 0.05) is 0 Å². The number of anilines is 2. The van der Waals surface area contributed by atoms with E-state index in [4.69, 9.17) is 5.73 Å². The Hall–Kier alpha value is -2.02. The Bertz CT molecular complexity index is 522. The summed E-state index contributed by atoms with van der Waals surface area (Å²) in [6.45, 7) is 1.93. The maximum absolute atomic E-state index is 11.9. The molecule has 2 aromatic rings. The third kappa shape index (κ3) is 2.56. The minimum absolute atomic E-state index is 0.219. The van der Waals surface area contributed by atoms with Crippen molar-refractivity contribution in [1.82, 2.24) is 14.6 Å². The number of aryl methyl sites for hydroxylation is 1. The van der Waals surface area contributed by atoms with Crippen molar-refractivity contribution in [1.29, 1.82) is 0 Å². The molecule has 0 atom stereocenters. The molecule has 6 nitrogen and oxygen atoms in total. The van der Waals surface area contributed by atoms with Crippen LogP contribution in [0.1, 0.15) is 22.3 Å². The lowest BCUT2D eigenvalue weighted by Crippen LogP contribution is -2.12. The molecule has 0 saturated carbocycles. The van der Waals surface area contributed by atoms with Gasteiger partial charge in [0.2, 0.25) is 0 Å². The maximum Gasteiger partial charge on any atom is 0.269 e. The molecule has 0 aliphatic carbocycles. The average Bonchev–Trinajstić information content (AvgIpc) is 2.80. The van der Waals surface area contributed by atoms with Crippen LogP contribution in [-0.2, 0) is 6.42 Å². The minimum Gasteiger partial charge on any atom is -0.384 e. The molecule has 0 aliphatic heterocycles. The number of rotatable bonds is 3. The molecule has 0 spiro atoms. The summed E-state index contributed by atoms with van der Waals surface area (Å²) in [4.78, 5) is 16.3. The molecule has 2 rings (SSSR count). The van der Waals surface area contributed by atoms with E-state index in [1.165, 1.54) is 6.20 Å². The fourth-order valence-corrected chi connectivity index (χ4v) is 1.93. The summed E-state index contributed by atoms with van der Waals surface area (Å²) < 4.78 is 3.76. The number of carbonyl (C=O) groups excluding carboxylic acids is 1. The van der Waals surface area contributed by atoms with Gasteiger partial charge < -0.3 is 11.1 Å². The summed E-state index contributed by atoms with van der Waals surface area (Å²) in [6, 6.07) is 3.32. The molecule has 0 aliphatic rings. The predicted octanol–water partition coefficient (Wildman–Crippen LogP) is 1.33. The van der Waals surface area contributed by atoms with Crippen molar-refractivity contribution in [2.45, 2.75) is 13.3 Å². The third-order valence-corrected chi connectivity index (χ3v) is 2.91. The number of amides is 1. The van der Waals surface area contributed by atoms with Crippen LogP contribution in [0.3, 0.4) is 0 Å². The number of nitrogens with zero attached hydrogens (tertiary/aromatic N) is 3. The van der Waals surface area contributed by atoms with Crippen LogP contribution in [0.15, 0.2) is 18.3 Å². The van der Waals surface area contributed by atoms with Gasteiger partial charge in [0.05, 0.1) is 17.6 Å². The Morgan fingerprint density at radius 2 is 2.35 bits per heavy atom. The van der Waals surface area contributed by atoms with Gasteiger partial charge in [0.1, 0.15) is 10.7 Å². The first-order valence-electron chi connectivity index (χ1n) is 5.04. The van der Waals surface area contributed by atoms with Crippen molar-refractivity contribution in [3.63, 3.8) is 0 Å². The normalized spacial score (nSPS) is 10.2. The highest BCUT2D eigenvalue weighted by atomic mass is 32.1. The summed E-state index contributed by atoms with van der Waals surface area (Å²) in [5.41, 5.74) is 6.76. The van der Waals surface area contributed by atoms with Crippen LogP contribution in [0.25, 0.3) is 0 Å². The molecule has 0 aromatic carbocycles. The molecule has 2 aromatic heterocycles. The van der Waals surface area contributed by atoms with Crippen molar-refractivity contribution < 1.29 is 4.79 Å². The molecule has 0 bridgehead atoms. The second-order valence-corrected chi connectivity index (χ2v) is 4.08. The Labute approximate surface area is 102 Å². The largest absolute Gasteiger partial charge is 0.384 e. The lowest BCUT2D eigenvalue weighted by atomic mass is 10.3. The fourth-order valence-electron chi connectivity index (χ4n) is 1.28. The zero-order valence-corrected chi connectivity index (χ0v) is 9.99. The van der Waals surface area contributed by atoms with Crippen molar-refractivity contribution in [2.75, 3.05) is 11.1 Å². The number of nitrogen functional groups attached to an aromatic ring is 1. The number of aromatic nitrogens is 3. The van der Waals surface area contributed by atoms with Gasteiger partial charge in [-0.15, -0.1) is 5.10 Å². The fraction of sp³-hybridized carbons (Fsp3) is 0.200. The van der Waals surface area contributed by atoms with E-state index >= 15 is 0 Å². The van der Waals surface area contributed by atoms with Gasteiger partial charge in [0.15, 0.2) is 0 Å². The molecule has 3 N–H and O–H groups in total. The molecule has 88 valence electrons. The van der Waals surface area contributed by atoms with Crippen LogP contribution in [0.5, 0.6) is 0 Å². The second-order valence-electron chi connectivity index (χ2n) is 3.33. The molecule has 17 heavy (non-hydrogen) atoms. The van der Waals surface area contributed by atoms with Gasteiger partial charge in [-0.25, -0.2) is 4.98 Å². The zero-order chi connectivity index (χ0) is 12.3. The Kier molecular flexibility index (Phi) is 3.29. The summed E-state index contributed by atoms with van der Waals surface area (Å²) in [6.07, 6.45) is 2.19. The third-order valence-electron chi connectivity index (χ3n) is 2.14. The molecular weight excluding hydrogens is 238 g/mol. The average molecular weight is 249 g/mol. The first kappa shape index (κ1) is 11.5. The molecule has 0 radical (unpaired) electrons. The van der Waals surface area contributed by atoms with Crippen LogP contribution >= 0.6 is 11.5 Å². The van der Waals surface area contributed by atoms with E-state index in [2.05, 4.69) is 19.9 Å². The summed E-state index contributed by atoms with van der Waals surface area (Å²) >= 11 is 1.09. The Balaban J connectivity index is 2.14. The molecular formula is C10H11N5OS. The smallest absolute Gasteiger partial charge is 0.269 e. The lowest BCUT2D eigenvalue weighted by molar-refractivity contribution is 0.102. The number of carbonyl (C=O) groups is 1. The van der Waals surface area contributed by atoms with Crippen molar-refractivity contribution in [3.05, 3.63) is 28.9 Å². The second kappa shape index (κ2) is 4.88. The first-order chi connectivity index (χ1) is 8.20. The Morgan fingerprint density at radius 3 is 3.00 bits per heavy atom. The van der Waals surface area contributed by atoms with Crippen molar-refractivity contribution in [3.8, 4) is 0 Å². The highest BCUT2D eigenvalue weighted by Crippen LogP contribution is 2.14. The first-order valence-corrected chi connectivity index (χ1v) is 5.82. The van der Waals surface area contributed by atoms with Crippen LogP contribution in [0.4, 0.5) is 11.5 Å². The molecule has 7 heteroatoms. The van der Waals surface area contributed by atoms with E-state index in [1.54, 1.807) is 12.1 Å². The number of hydrogen-bond acceptors (Lipinski definition) is 6. The topological polar surface area (TPSA) is 93.8 Å². The lowest BCUT2D eigenvalue weighted by Gasteiger charge is -2.03. The molecule has 0 unspecified atom stereocenters. The van der Waals surface area contributed by atoms with Gasteiger partial charge in [0.25, 0.3) is 5.91 Å². The highest BCUT2D eigenvalue weighted by Gasteiger charge is 2.14. The maximum atomic E-state index is 11.9. The van der Waals surface area contributed by atoms with E-state index in [0.29, 0.717) is 28.5 Å². The van der Waals surface area contributed by atoms with Crippen molar-refractivity contribution >= 4 is 28.9 Å². The number of nitrogens with two attached hydrogens (primary N) is 1. The molecule has 1 amide bonds. The highest BCUT2D eigenvalue weighted by molar-refractivity contribution is 7.08. The van der Waals surface area contributed by atoms with E-state index in [0.717, 1.165) is 11.5 Å². The minimum atomic E-state index is -0.219. The van der Waals surface area contributed by atoms with E-state index < -0.39 is 0 Å². The van der Waals surface area contributed by atoms with Crippen LogP contribution in [-0.4, -0.2) is 20.5 Å². The number of nitrogens with one attached hydrogen (secondary N) is 1. The van der Waals surface area contributed by atoms with E-state index in [9.17, 15) is 4.79 Å². The molecule has 0 saturated heterocycles. The van der Waals surface area contributed by atoms with Gasteiger partial charge in [-0.3, -0.25) is 4.79 Å². The summed E-state index contributed by atoms with van der Waals surface area (Å²) in [7, 11) is 0. The standard InChI is InChI=1S/C10H11N5OS/c1-2-7-9(17-15-14-7)10(16)13-6-3-4-8(11)12-5-6/h3-5H,2H2,1H3,(H2,11,12)(H,13,16). The number of hydrogen-bond donors (Lipinski definition) is 2. The van der Waals surface area contributed by atoms with Gasteiger partial charge in [-0.2, -0.15) is 0 Å². The SMILES string of the molecule is CCc1nnsc1C(=O)Nc1ccc(N)nc1. The van der Waals surface area contributed by atoms with Crippen LogP contribution < -0.4 is 11.1 Å². The Morgan fingerprint density at radius 1 is 1.53 bits per heavy atom. The van der Waals surface area contributed by atoms with Gasteiger partial charge in [-0.05, 0) is 30.1 Å². The van der Waals surface area contributed by atoms with Gasteiger partial charge in [-0.1, -0.05) is 11.4 Å². The summed E-state index contributed by atoms with van der Waals surface area (Å²) in [5, 5.41) is 6.60. The van der Waals surface area contributed by atoms with Crippen molar-refractivity contribution in [2.24, 2.45) is 0 Å². The van der Waals surface area contributed by atoms with E-state index in [-0.39, 0.29) is 5.91 Å². The van der Waals surface area contributed by atoms with Gasteiger partial charge >= 0.3 is 0 Å². The molecule has 2 heterocycles. The van der Waals surface area contributed by atoms with E-state index in [1.807, 2.05) is 6.92 Å². The zero-order valence-electron chi connectivity index (χ0n) is 9.17. The van der Waals surface area contributed by atoms with Crippen LogP contribution in [0, 0.1) is 0 Å². The monoisotopic (exact) mass is 249 g/mol. The van der Waals surface area contributed by atoms with Crippen LogP contribution in [0.2, 0.25) is 0 Å².